The summed E-state index contributed by atoms with van der Waals surface area (Å²) in [6, 6.07) is 42.3. The highest BCUT2D eigenvalue weighted by Gasteiger charge is 2.78. The highest BCUT2D eigenvalue weighted by molar-refractivity contribution is 5.84. The lowest BCUT2D eigenvalue weighted by Crippen LogP contribution is -2.25. The van der Waals surface area contributed by atoms with Crippen LogP contribution in [0, 0.1) is 5.92 Å². The Morgan fingerprint density at radius 1 is 0.636 bits per heavy atom. The zero-order valence-corrected chi connectivity index (χ0v) is 18.5. The number of carbonyl (C=O) groups excluding carboxylic acids is 1. The number of carbonyl (C=O) groups is 1. The fourth-order valence-electron chi connectivity index (χ4n) is 5.66. The first-order chi connectivity index (χ1) is 16.2. The van der Waals surface area contributed by atoms with Gasteiger partial charge in [0.25, 0.3) is 0 Å². The van der Waals surface area contributed by atoms with Crippen molar-refractivity contribution < 1.29 is 9.63 Å². The van der Waals surface area contributed by atoms with E-state index in [1.54, 1.807) is 0 Å². The Morgan fingerprint density at radius 2 is 0.939 bits per heavy atom. The first-order valence-corrected chi connectivity index (χ1v) is 11.2. The van der Waals surface area contributed by atoms with E-state index >= 15 is 0 Å². The molecule has 162 valence electrons. The molecule has 33 heavy (non-hydrogen) atoms. The Kier molecular flexibility index (Phi) is 5.39. The van der Waals surface area contributed by atoms with Gasteiger partial charge in [0, 0.05) is 23.7 Å². The van der Waals surface area contributed by atoms with Crippen molar-refractivity contribution >= 4 is 12.2 Å². The van der Waals surface area contributed by atoms with Gasteiger partial charge in [0.1, 0.15) is 0 Å². The molecule has 0 aromatic heterocycles. The number of benzene rings is 4. The smallest absolute Gasteiger partial charge is 0.319 e. The van der Waals surface area contributed by atoms with Crippen molar-refractivity contribution in [2.45, 2.75) is 17.8 Å². The molecule has 5 rings (SSSR count). The molecule has 1 saturated carbocycles. The van der Waals surface area contributed by atoms with E-state index in [0.29, 0.717) is 0 Å². The van der Waals surface area contributed by atoms with E-state index in [1.165, 1.54) is 29.2 Å². The molecule has 1 aliphatic carbocycles. The zero-order chi connectivity index (χ0) is 22.7. The second-order valence-corrected chi connectivity index (χ2v) is 8.40. The summed E-state index contributed by atoms with van der Waals surface area (Å²) in [5.41, 5.74) is 3.93. The molecule has 0 radical (unpaired) electrons. The lowest BCUT2D eigenvalue weighted by molar-refractivity contribution is -0.140. The van der Waals surface area contributed by atoms with Gasteiger partial charge in [-0.2, -0.15) is 0 Å². The molecule has 0 heterocycles. The van der Waals surface area contributed by atoms with E-state index in [9.17, 15) is 4.79 Å². The zero-order valence-electron chi connectivity index (χ0n) is 18.5. The lowest BCUT2D eigenvalue weighted by atomic mass is 9.74. The minimum Gasteiger partial charge on any atom is -0.319 e. The summed E-state index contributed by atoms with van der Waals surface area (Å²) in [7, 11) is 0. The van der Waals surface area contributed by atoms with Gasteiger partial charge >= 0.3 is 5.97 Å². The third-order valence-corrected chi connectivity index (χ3v) is 6.78. The number of hydrogen-bond donors (Lipinski definition) is 0. The summed E-state index contributed by atoms with van der Waals surface area (Å²) in [5, 5.41) is 4.15. The molecule has 1 aliphatic rings. The molecule has 1 fully saturated rings. The molecule has 0 spiro atoms. The Labute approximate surface area is 194 Å². The van der Waals surface area contributed by atoms with Crippen molar-refractivity contribution in [1.29, 1.82) is 0 Å². The van der Waals surface area contributed by atoms with Crippen LogP contribution in [0.4, 0.5) is 0 Å². The van der Waals surface area contributed by atoms with Crippen LogP contribution in [0.5, 0.6) is 0 Å². The summed E-state index contributed by atoms with van der Waals surface area (Å²) in [6.07, 6.45) is 1.82. The average Bonchev–Trinajstić information content (AvgIpc) is 3.50. The van der Waals surface area contributed by atoms with E-state index < -0.39 is 16.8 Å². The highest BCUT2D eigenvalue weighted by atomic mass is 16.7. The predicted octanol–water partition coefficient (Wildman–Crippen LogP) is 6.14. The molecule has 3 nitrogen and oxygen atoms in total. The monoisotopic (exact) mass is 431 g/mol. The Bertz CT molecular complexity index is 1080. The molecule has 0 bridgehead atoms. The van der Waals surface area contributed by atoms with E-state index in [0.717, 1.165) is 0 Å². The quantitative estimate of drug-likeness (QED) is 0.209. The molecule has 0 amide bonds. The molecular formula is C30H25NO2. The topological polar surface area (TPSA) is 38.7 Å². The second-order valence-electron chi connectivity index (χ2n) is 8.40. The van der Waals surface area contributed by atoms with Crippen molar-refractivity contribution in [2.24, 2.45) is 11.1 Å². The van der Waals surface area contributed by atoms with Crippen molar-refractivity contribution in [3.63, 3.8) is 0 Å². The number of rotatable bonds is 6. The average molecular weight is 432 g/mol. The molecule has 0 saturated heterocycles. The van der Waals surface area contributed by atoms with E-state index in [1.807, 2.05) is 30.5 Å². The van der Waals surface area contributed by atoms with Crippen LogP contribution in [-0.4, -0.2) is 12.2 Å². The maximum atomic E-state index is 11.5. The number of oxime groups is 1. The SMILES string of the molecule is CC(=O)O/N=C/C1C(c2ccccc2)(c2ccccc2)C1(c1ccccc1)c1ccccc1. The Hall–Kier alpha value is -3.98. The summed E-state index contributed by atoms with van der Waals surface area (Å²) >= 11 is 0. The molecule has 3 heteroatoms. The summed E-state index contributed by atoms with van der Waals surface area (Å²) < 4.78 is 0. The second kappa shape index (κ2) is 8.51. The molecule has 4 aromatic carbocycles. The van der Waals surface area contributed by atoms with E-state index in [2.05, 4.69) is 102 Å². The Balaban J connectivity index is 1.87. The molecular weight excluding hydrogens is 406 g/mol. The highest BCUT2D eigenvalue weighted by Crippen LogP contribution is 2.75. The van der Waals surface area contributed by atoms with Crippen molar-refractivity contribution in [2.75, 3.05) is 0 Å². The Morgan fingerprint density at radius 3 is 1.21 bits per heavy atom. The van der Waals surface area contributed by atoms with Crippen LogP contribution in [0.2, 0.25) is 0 Å². The third-order valence-electron chi connectivity index (χ3n) is 6.78. The summed E-state index contributed by atoms with van der Waals surface area (Å²) in [5.74, 6) is -0.499. The number of nitrogens with zero attached hydrogens (tertiary/aromatic N) is 1. The van der Waals surface area contributed by atoms with Crippen LogP contribution >= 0.6 is 0 Å². The molecule has 0 N–H and O–H groups in total. The van der Waals surface area contributed by atoms with Crippen LogP contribution in [0.1, 0.15) is 29.2 Å². The van der Waals surface area contributed by atoms with Gasteiger partial charge in [-0.1, -0.05) is 126 Å². The van der Waals surface area contributed by atoms with E-state index in [-0.39, 0.29) is 5.92 Å². The van der Waals surface area contributed by atoms with Gasteiger partial charge in [-0.05, 0) is 22.3 Å². The minimum atomic E-state index is -0.429. The minimum absolute atomic E-state index is 0.0704. The fourth-order valence-corrected chi connectivity index (χ4v) is 5.66. The van der Waals surface area contributed by atoms with Crippen LogP contribution in [-0.2, 0) is 20.5 Å². The van der Waals surface area contributed by atoms with Crippen molar-refractivity contribution in [1.82, 2.24) is 0 Å². The number of hydrogen-bond acceptors (Lipinski definition) is 3. The summed E-state index contributed by atoms with van der Waals surface area (Å²) in [6.45, 7) is 1.37. The van der Waals surface area contributed by atoms with Crippen LogP contribution in [0.15, 0.2) is 126 Å². The largest absolute Gasteiger partial charge is 0.331 e. The molecule has 4 aromatic rings. The maximum Gasteiger partial charge on any atom is 0.331 e. The normalized spacial score (nSPS) is 16.4. The van der Waals surface area contributed by atoms with Crippen molar-refractivity contribution in [3.8, 4) is 0 Å². The maximum absolute atomic E-state index is 11.5. The third kappa shape index (κ3) is 3.20. The van der Waals surface area contributed by atoms with Gasteiger partial charge in [-0.25, -0.2) is 4.79 Å². The van der Waals surface area contributed by atoms with Crippen LogP contribution in [0.25, 0.3) is 0 Å². The van der Waals surface area contributed by atoms with E-state index in [4.69, 9.17) is 4.84 Å². The molecule has 0 atom stereocenters. The van der Waals surface area contributed by atoms with Gasteiger partial charge in [0.05, 0.1) is 6.21 Å². The van der Waals surface area contributed by atoms with Gasteiger partial charge in [0.15, 0.2) is 0 Å². The predicted molar refractivity (Wildman–Crippen MR) is 131 cm³/mol. The van der Waals surface area contributed by atoms with Gasteiger partial charge < -0.3 is 4.84 Å². The van der Waals surface area contributed by atoms with Crippen molar-refractivity contribution in [3.05, 3.63) is 144 Å². The first-order valence-electron chi connectivity index (χ1n) is 11.2. The van der Waals surface area contributed by atoms with Gasteiger partial charge in [-0.3, -0.25) is 0 Å². The van der Waals surface area contributed by atoms with Gasteiger partial charge in [0.2, 0.25) is 0 Å². The molecule has 0 unspecified atom stereocenters. The summed E-state index contributed by atoms with van der Waals surface area (Å²) in [4.78, 5) is 16.6. The fraction of sp³-hybridized carbons (Fsp3) is 0.133. The van der Waals surface area contributed by atoms with Gasteiger partial charge in [-0.15, -0.1) is 0 Å². The standard InChI is InChI=1S/C30H25NO2/c1-23(32)33-31-22-28-29(24-14-6-2-7-15-24,25-16-8-3-9-17-25)30(28,26-18-10-4-11-19-26)27-20-12-5-13-21-27/h2-22,28H,1H3/b31-22+. The first kappa shape index (κ1) is 20.9. The van der Waals surface area contributed by atoms with Crippen LogP contribution < -0.4 is 0 Å². The molecule has 0 aliphatic heterocycles. The lowest BCUT2D eigenvalue weighted by Gasteiger charge is -2.28. The van der Waals surface area contributed by atoms with Crippen LogP contribution in [0.3, 0.4) is 0 Å².